The molecule has 0 aromatic heterocycles. The van der Waals surface area contributed by atoms with Crippen LogP contribution in [0.25, 0.3) is 33.0 Å². The van der Waals surface area contributed by atoms with E-state index in [-0.39, 0.29) is 12.5 Å². The number of nitrogens with two attached hydrogens (primary N) is 1. The second-order valence-corrected chi connectivity index (χ2v) is 6.73. The minimum atomic E-state index is -0.876. The van der Waals surface area contributed by atoms with Crippen LogP contribution in [0.2, 0.25) is 0 Å². The maximum absolute atomic E-state index is 11.6. The summed E-state index contributed by atoms with van der Waals surface area (Å²) in [7, 11) is 0. The first kappa shape index (κ1) is 30.4. The zero-order valence-corrected chi connectivity index (χ0v) is 19.8. The average Bonchev–Trinajstić information content (AvgIpc) is 2.87. The lowest BCUT2D eigenvalue weighted by Crippen LogP contribution is -2.26. The molecule has 0 atom stereocenters. The normalized spacial score (nSPS) is 10.1. The number of nitrogens with zero attached hydrogens (tertiary/aromatic N) is 6. The maximum Gasteiger partial charge on any atom is 0.331 e. The predicted octanol–water partition coefficient (Wildman–Crippen LogP) is 4.95. The van der Waals surface area contributed by atoms with E-state index in [1.807, 2.05) is 66.7 Å². The third kappa shape index (κ3) is 16.7. The molecule has 4 N–H and O–H groups in total. The maximum atomic E-state index is 11.6. The Balaban J connectivity index is 0.000000557. The van der Waals surface area contributed by atoms with Crippen LogP contribution in [0.4, 0.5) is 0 Å². The molecular weight excluding hydrogens is 448 g/mol. The average molecular weight is 479 g/mol. The Morgan fingerprint density at radius 1 is 0.886 bits per heavy atom. The zero-order chi connectivity index (χ0) is 26.3. The van der Waals surface area contributed by atoms with Gasteiger partial charge in [0.15, 0.2) is 0 Å². The summed E-state index contributed by atoms with van der Waals surface area (Å²) in [6.07, 6.45) is 3.45. The van der Waals surface area contributed by atoms with Gasteiger partial charge in [-0.1, -0.05) is 70.9 Å². The van der Waals surface area contributed by atoms with Gasteiger partial charge in [0.1, 0.15) is 0 Å². The van der Waals surface area contributed by atoms with Gasteiger partial charge in [0.05, 0.1) is 0 Å². The molecule has 0 radical (unpaired) electrons. The third-order valence-electron chi connectivity index (χ3n) is 3.91. The Hall–Kier alpha value is -4.56. The quantitative estimate of drug-likeness (QED) is 0.151. The van der Waals surface area contributed by atoms with Crippen molar-refractivity contribution in [3.63, 3.8) is 0 Å². The summed E-state index contributed by atoms with van der Waals surface area (Å²) in [4.78, 5) is 27.1. The minimum absolute atomic E-state index is 0.151. The van der Waals surface area contributed by atoms with Crippen molar-refractivity contribution in [2.75, 3.05) is 26.2 Å². The summed E-state index contributed by atoms with van der Waals surface area (Å²) in [5, 5.41) is 17.7. The molecule has 0 unspecified atom stereocenters. The van der Waals surface area contributed by atoms with Crippen LogP contribution in [0.1, 0.15) is 25.0 Å². The number of rotatable bonds is 9. The largest absolute Gasteiger partial charge is 0.478 e. The van der Waals surface area contributed by atoms with Crippen molar-refractivity contribution in [2.24, 2.45) is 16.0 Å². The smallest absolute Gasteiger partial charge is 0.331 e. The van der Waals surface area contributed by atoms with Gasteiger partial charge in [-0.25, -0.2) is 4.79 Å². The van der Waals surface area contributed by atoms with E-state index in [1.54, 1.807) is 19.9 Å². The standard InChI is InChI=1S/C12H14N4O.C10H10O2.C2H6N4/c1-10(9-11-5-3-2-4-6-11)12(17)14-7-8-15-16-13;1-8(10(11)12)7-9-5-3-2-4-6-9;3-1-2-5-6-4/h2-6,9H,7-8H2,1H3,(H,14,17);2-7H,1H3,(H,11,12);1-3H2/b10-9+;8-7+;. The van der Waals surface area contributed by atoms with E-state index in [4.69, 9.17) is 21.9 Å². The third-order valence-corrected chi connectivity index (χ3v) is 3.91. The zero-order valence-electron chi connectivity index (χ0n) is 19.8. The van der Waals surface area contributed by atoms with Gasteiger partial charge in [-0.3, -0.25) is 4.79 Å². The Kier molecular flexibility index (Phi) is 17.5. The van der Waals surface area contributed by atoms with E-state index in [9.17, 15) is 9.59 Å². The van der Waals surface area contributed by atoms with Crippen molar-refractivity contribution in [1.82, 2.24) is 5.32 Å². The fraction of sp³-hybridized carbons (Fsp3) is 0.250. The Morgan fingerprint density at radius 2 is 1.34 bits per heavy atom. The van der Waals surface area contributed by atoms with Crippen molar-refractivity contribution in [1.29, 1.82) is 0 Å². The number of nitrogens with one attached hydrogen (secondary N) is 1. The number of amides is 1. The molecule has 0 saturated heterocycles. The number of carbonyl (C=O) groups is 2. The first-order chi connectivity index (χ1) is 16.8. The van der Waals surface area contributed by atoms with Crippen LogP contribution >= 0.6 is 0 Å². The van der Waals surface area contributed by atoms with Crippen molar-refractivity contribution < 1.29 is 14.7 Å². The monoisotopic (exact) mass is 478 g/mol. The van der Waals surface area contributed by atoms with Gasteiger partial charge < -0.3 is 16.2 Å². The van der Waals surface area contributed by atoms with Gasteiger partial charge in [0.25, 0.3) is 0 Å². The highest BCUT2D eigenvalue weighted by Gasteiger charge is 2.02. The molecule has 0 aliphatic carbocycles. The van der Waals surface area contributed by atoms with Crippen molar-refractivity contribution in [3.8, 4) is 0 Å². The first-order valence-corrected chi connectivity index (χ1v) is 10.6. The van der Waals surface area contributed by atoms with E-state index >= 15 is 0 Å². The topological polar surface area (TPSA) is 190 Å². The van der Waals surface area contributed by atoms with Crippen LogP contribution in [0.5, 0.6) is 0 Å². The van der Waals surface area contributed by atoms with E-state index in [0.717, 1.165) is 11.1 Å². The molecule has 184 valence electrons. The van der Waals surface area contributed by atoms with Gasteiger partial charge in [-0.15, -0.1) is 0 Å². The van der Waals surface area contributed by atoms with Crippen LogP contribution in [0.15, 0.2) is 82.0 Å². The van der Waals surface area contributed by atoms with E-state index < -0.39 is 5.97 Å². The molecule has 0 aliphatic heterocycles. The molecule has 2 aromatic carbocycles. The molecule has 11 nitrogen and oxygen atoms in total. The number of aliphatic carboxylic acids is 1. The lowest BCUT2D eigenvalue weighted by atomic mass is 10.1. The summed E-state index contributed by atoms with van der Waals surface area (Å²) in [6.45, 7) is 4.77. The molecule has 35 heavy (non-hydrogen) atoms. The van der Waals surface area contributed by atoms with E-state index in [1.165, 1.54) is 0 Å². The van der Waals surface area contributed by atoms with Gasteiger partial charge in [-0.05, 0) is 54.7 Å². The van der Waals surface area contributed by atoms with Crippen LogP contribution in [0.3, 0.4) is 0 Å². The molecule has 0 spiro atoms. The van der Waals surface area contributed by atoms with Crippen LogP contribution in [0, 0.1) is 0 Å². The number of azide groups is 2. The Bertz CT molecular complexity index is 1060. The second-order valence-electron chi connectivity index (χ2n) is 6.73. The lowest BCUT2D eigenvalue weighted by molar-refractivity contribution is -0.132. The highest BCUT2D eigenvalue weighted by atomic mass is 16.4. The van der Waals surface area contributed by atoms with Gasteiger partial charge in [0, 0.05) is 40.6 Å². The van der Waals surface area contributed by atoms with Crippen molar-refractivity contribution >= 4 is 24.0 Å². The summed E-state index contributed by atoms with van der Waals surface area (Å²) in [5.41, 5.74) is 23.5. The molecule has 0 heterocycles. The minimum Gasteiger partial charge on any atom is -0.478 e. The summed E-state index contributed by atoms with van der Waals surface area (Å²) in [6, 6.07) is 19.0. The molecule has 0 saturated carbocycles. The number of hydrogen-bond acceptors (Lipinski definition) is 5. The Labute approximate surface area is 204 Å². The molecule has 0 fully saturated rings. The predicted molar refractivity (Wildman–Crippen MR) is 138 cm³/mol. The second kappa shape index (κ2) is 20.1. The van der Waals surface area contributed by atoms with Crippen molar-refractivity contribution in [2.45, 2.75) is 13.8 Å². The van der Waals surface area contributed by atoms with E-state index in [0.29, 0.717) is 30.8 Å². The number of carboxylic acids is 1. The van der Waals surface area contributed by atoms with Gasteiger partial charge in [0.2, 0.25) is 5.91 Å². The number of carboxylic acid groups (broad SMARTS) is 1. The molecule has 11 heteroatoms. The summed E-state index contributed by atoms with van der Waals surface area (Å²) >= 11 is 0. The number of hydrogen-bond donors (Lipinski definition) is 3. The molecule has 2 aromatic rings. The molecule has 2 rings (SSSR count). The number of benzene rings is 2. The van der Waals surface area contributed by atoms with Crippen LogP contribution in [-0.2, 0) is 9.59 Å². The highest BCUT2D eigenvalue weighted by molar-refractivity contribution is 5.97. The SMILES string of the molecule is C/C(=C\c1ccccc1)C(=O)NCCN=[N+]=[N-].C/C(=C\c1ccccc1)C(=O)O.[N-]=[N+]=NCCN. The summed E-state index contributed by atoms with van der Waals surface area (Å²) < 4.78 is 0. The molecular formula is C24H30N8O3. The highest BCUT2D eigenvalue weighted by Crippen LogP contribution is 2.06. The molecule has 1 amide bonds. The van der Waals surface area contributed by atoms with Gasteiger partial charge in [-0.2, -0.15) is 0 Å². The lowest BCUT2D eigenvalue weighted by Gasteiger charge is -2.03. The van der Waals surface area contributed by atoms with Crippen LogP contribution < -0.4 is 11.1 Å². The Morgan fingerprint density at radius 3 is 1.74 bits per heavy atom. The first-order valence-electron chi connectivity index (χ1n) is 10.6. The fourth-order valence-corrected chi connectivity index (χ4v) is 2.23. The number of carbonyl (C=O) groups excluding carboxylic acids is 1. The summed E-state index contributed by atoms with van der Waals surface area (Å²) in [5.74, 6) is -1.03. The van der Waals surface area contributed by atoms with E-state index in [2.05, 4.69) is 25.4 Å². The molecule has 0 bridgehead atoms. The van der Waals surface area contributed by atoms with Gasteiger partial charge >= 0.3 is 5.97 Å². The molecule has 0 aliphatic rings. The van der Waals surface area contributed by atoms with Crippen LogP contribution in [-0.4, -0.2) is 43.2 Å². The fourth-order valence-electron chi connectivity index (χ4n) is 2.23. The van der Waals surface area contributed by atoms with Crippen molar-refractivity contribution in [3.05, 3.63) is 104 Å².